The van der Waals surface area contributed by atoms with Gasteiger partial charge in [0.05, 0.1) is 23.8 Å². The molecule has 0 aliphatic carbocycles. The van der Waals surface area contributed by atoms with E-state index in [0.29, 0.717) is 0 Å². The van der Waals surface area contributed by atoms with Crippen LogP contribution in [0.5, 0.6) is 0 Å². The van der Waals surface area contributed by atoms with E-state index in [1.54, 1.807) is 17.7 Å². The van der Waals surface area contributed by atoms with Gasteiger partial charge >= 0.3 is 0 Å². The van der Waals surface area contributed by atoms with Crippen LogP contribution in [-0.2, 0) is 6.54 Å². The summed E-state index contributed by atoms with van der Waals surface area (Å²) in [6.07, 6.45) is 5.43. The first kappa shape index (κ1) is 14.8. The Bertz CT molecular complexity index is 987. The summed E-state index contributed by atoms with van der Waals surface area (Å²) in [6.45, 7) is 4.98. The number of nitrogens with zero attached hydrogens (tertiary/aromatic N) is 4. The summed E-state index contributed by atoms with van der Waals surface area (Å²) in [4.78, 5) is 11.1. The molecule has 24 heavy (non-hydrogen) atoms. The van der Waals surface area contributed by atoms with Gasteiger partial charge in [0.2, 0.25) is 0 Å². The third-order valence-electron chi connectivity index (χ3n) is 4.05. The van der Waals surface area contributed by atoms with E-state index in [-0.39, 0.29) is 0 Å². The van der Waals surface area contributed by atoms with Crippen LogP contribution in [0.15, 0.2) is 49.1 Å². The molecule has 6 heteroatoms. The molecule has 4 aromatic rings. The minimum atomic E-state index is 0.748. The molecule has 0 fully saturated rings. The molecule has 0 aliphatic heterocycles. The maximum atomic E-state index is 4.43. The number of nitrogens with one attached hydrogen (secondary N) is 1. The molecule has 0 spiro atoms. The van der Waals surface area contributed by atoms with Crippen LogP contribution >= 0.6 is 11.3 Å². The van der Waals surface area contributed by atoms with Crippen molar-refractivity contribution < 1.29 is 0 Å². The minimum Gasteiger partial charge on any atom is -0.337 e. The highest BCUT2D eigenvalue weighted by Gasteiger charge is 2.12. The predicted molar refractivity (Wildman–Crippen MR) is 97.9 cm³/mol. The van der Waals surface area contributed by atoms with E-state index in [1.807, 2.05) is 35.3 Å². The molecule has 0 saturated carbocycles. The summed E-state index contributed by atoms with van der Waals surface area (Å²) in [5.41, 5.74) is 3.38. The van der Waals surface area contributed by atoms with E-state index >= 15 is 0 Å². The Balaban J connectivity index is 1.60. The van der Waals surface area contributed by atoms with Crippen LogP contribution in [0.2, 0.25) is 0 Å². The number of aryl methyl sites for hydroxylation is 2. The molecule has 1 aromatic carbocycles. The van der Waals surface area contributed by atoms with Gasteiger partial charge in [0.15, 0.2) is 0 Å². The van der Waals surface area contributed by atoms with E-state index in [2.05, 4.69) is 46.4 Å². The molecule has 3 heterocycles. The van der Waals surface area contributed by atoms with Crippen molar-refractivity contribution in [2.45, 2.75) is 20.4 Å². The molecule has 0 bridgehead atoms. The number of aromatic nitrogens is 4. The van der Waals surface area contributed by atoms with Gasteiger partial charge in [0.1, 0.15) is 17.0 Å². The van der Waals surface area contributed by atoms with E-state index in [9.17, 15) is 0 Å². The van der Waals surface area contributed by atoms with Gasteiger partial charge in [-0.25, -0.2) is 9.97 Å². The molecule has 120 valence electrons. The Morgan fingerprint density at radius 3 is 2.79 bits per heavy atom. The van der Waals surface area contributed by atoms with Gasteiger partial charge in [-0.15, -0.1) is 11.3 Å². The number of hydrogen-bond donors (Lipinski definition) is 1. The van der Waals surface area contributed by atoms with Crippen LogP contribution in [-0.4, -0.2) is 19.7 Å². The molecule has 0 radical (unpaired) electrons. The van der Waals surface area contributed by atoms with Crippen LogP contribution in [0.3, 0.4) is 0 Å². The van der Waals surface area contributed by atoms with Crippen molar-refractivity contribution in [2.24, 2.45) is 0 Å². The molecule has 0 atom stereocenters. The first-order valence-electron chi connectivity index (χ1n) is 7.75. The van der Waals surface area contributed by atoms with E-state index in [4.69, 9.17) is 0 Å². The molecule has 1 N–H and O–H groups in total. The standard InChI is InChI=1S/C18H17N5S/c1-12-13(2)24-18-16(12)17(19-11-20-18)22-15-8-21-23(10-15)9-14-6-4-3-5-7-14/h3-8,10-11H,9H2,1-2H3,(H,19,20,22). The lowest BCUT2D eigenvalue weighted by Gasteiger charge is -2.05. The van der Waals surface area contributed by atoms with Crippen molar-refractivity contribution >= 4 is 33.1 Å². The summed E-state index contributed by atoms with van der Waals surface area (Å²) in [5, 5.41) is 8.90. The van der Waals surface area contributed by atoms with Crippen molar-refractivity contribution in [3.05, 3.63) is 65.1 Å². The molecule has 0 amide bonds. The summed E-state index contributed by atoms with van der Waals surface area (Å²) in [5.74, 6) is 0.834. The monoisotopic (exact) mass is 335 g/mol. The van der Waals surface area contributed by atoms with Gasteiger partial charge in [-0.2, -0.15) is 5.10 Å². The number of hydrogen-bond acceptors (Lipinski definition) is 5. The van der Waals surface area contributed by atoms with Crippen LogP contribution in [0.4, 0.5) is 11.5 Å². The largest absolute Gasteiger partial charge is 0.337 e. The molecule has 5 nitrogen and oxygen atoms in total. The van der Waals surface area contributed by atoms with E-state index in [0.717, 1.165) is 28.3 Å². The normalized spacial score (nSPS) is 11.1. The Morgan fingerprint density at radius 2 is 1.96 bits per heavy atom. The molecule has 0 saturated heterocycles. The number of fused-ring (bicyclic) bond motifs is 1. The Kier molecular flexibility index (Phi) is 3.74. The van der Waals surface area contributed by atoms with Gasteiger partial charge in [0.25, 0.3) is 0 Å². The maximum absolute atomic E-state index is 4.43. The minimum absolute atomic E-state index is 0.748. The molecule has 0 unspecified atom stereocenters. The first-order chi connectivity index (χ1) is 11.7. The molecule has 3 aromatic heterocycles. The second-order valence-electron chi connectivity index (χ2n) is 5.72. The smallest absolute Gasteiger partial charge is 0.142 e. The van der Waals surface area contributed by atoms with Crippen LogP contribution < -0.4 is 5.32 Å². The fourth-order valence-corrected chi connectivity index (χ4v) is 3.70. The molecule has 0 aliphatic rings. The predicted octanol–water partition coefficient (Wildman–Crippen LogP) is 4.30. The van der Waals surface area contributed by atoms with Crippen molar-refractivity contribution in [1.29, 1.82) is 0 Å². The van der Waals surface area contributed by atoms with Gasteiger partial charge in [-0.1, -0.05) is 30.3 Å². The van der Waals surface area contributed by atoms with Crippen molar-refractivity contribution in [3.8, 4) is 0 Å². The zero-order valence-corrected chi connectivity index (χ0v) is 14.3. The Morgan fingerprint density at radius 1 is 1.12 bits per heavy atom. The molecule has 4 rings (SSSR count). The highest BCUT2D eigenvalue weighted by atomic mass is 32.1. The summed E-state index contributed by atoms with van der Waals surface area (Å²) >= 11 is 1.70. The van der Waals surface area contributed by atoms with Gasteiger partial charge < -0.3 is 5.32 Å². The molecular weight excluding hydrogens is 318 g/mol. The lowest BCUT2D eigenvalue weighted by molar-refractivity contribution is 0.687. The lowest BCUT2D eigenvalue weighted by Crippen LogP contribution is -1.99. The van der Waals surface area contributed by atoms with Crippen molar-refractivity contribution in [1.82, 2.24) is 19.7 Å². The van der Waals surface area contributed by atoms with Crippen LogP contribution in [0.1, 0.15) is 16.0 Å². The van der Waals surface area contributed by atoms with E-state index in [1.165, 1.54) is 16.0 Å². The Labute approximate surface area is 144 Å². The average molecular weight is 335 g/mol. The summed E-state index contributed by atoms with van der Waals surface area (Å²) < 4.78 is 1.92. The third kappa shape index (κ3) is 2.76. The Hall–Kier alpha value is -2.73. The lowest BCUT2D eigenvalue weighted by atomic mass is 10.2. The SMILES string of the molecule is Cc1sc2ncnc(Nc3cnn(Cc4ccccc4)c3)c2c1C. The second kappa shape index (κ2) is 6.05. The van der Waals surface area contributed by atoms with Crippen molar-refractivity contribution in [3.63, 3.8) is 0 Å². The number of rotatable bonds is 4. The van der Waals surface area contributed by atoms with Gasteiger partial charge in [-0.05, 0) is 25.0 Å². The summed E-state index contributed by atoms with van der Waals surface area (Å²) in [6, 6.07) is 10.3. The number of benzene rings is 1. The molecular formula is C18H17N5S. The van der Waals surface area contributed by atoms with Gasteiger partial charge in [0, 0.05) is 11.1 Å². The maximum Gasteiger partial charge on any atom is 0.142 e. The zero-order valence-electron chi connectivity index (χ0n) is 13.5. The van der Waals surface area contributed by atoms with Gasteiger partial charge in [-0.3, -0.25) is 4.68 Å². The van der Waals surface area contributed by atoms with Crippen LogP contribution in [0, 0.1) is 13.8 Å². The van der Waals surface area contributed by atoms with Crippen LogP contribution in [0.25, 0.3) is 10.2 Å². The third-order valence-corrected chi connectivity index (χ3v) is 5.16. The number of thiophene rings is 1. The fourth-order valence-electron chi connectivity index (χ4n) is 2.70. The zero-order chi connectivity index (χ0) is 16.5. The first-order valence-corrected chi connectivity index (χ1v) is 8.56. The highest BCUT2D eigenvalue weighted by molar-refractivity contribution is 7.18. The fraction of sp³-hybridized carbons (Fsp3) is 0.167. The number of anilines is 2. The summed E-state index contributed by atoms with van der Waals surface area (Å²) in [7, 11) is 0. The topological polar surface area (TPSA) is 55.6 Å². The second-order valence-corrected chi connectivity index (χ2v) is 6.93. The van der Waals surface area contributed by atoms with E-state index < -0.39 is 0 Å². The van der Waals surface area contributed by atoms with Crippen molar-refractivity contribution in [2.75, 3.05) is 5.32 Å². The quantitative estimate of drug-likeness (QED) is 0.604. The highest BCUT2D eigenvalue weighted by Crippen LogP contribution is 2.33. The average Bonchev–Trinajstić information content (AvgIpc) is 3.14.